The lowest BCUT2D eigenvalue weighted by atomic mass is 9.87. The predicted octanol–water partition coefficient (Wildman–Crippen LogP) is 1.56. The lowest BCUT2D eigenvalue weighted by molar-refractivity contribution is -0.129. The Morgan fingerprint density at radius 2 is 2.05 bits per heavy atom. The fourth-order valence-corrected chi connectivity index (χ4v) is 2.38. The van der Waals surface area contributed by atoms with E-state index in [1.807, 2.05) is 0 Å². The van der Waals surface area contributed by atoms with Crippen LogP contribution in [0.1, 0.15) is 11.1 Å². The standard InChI is InChI=1S/C14H10F2N2O3/c1-21-12-11(16)9(4-5-17-12)14(20)8-3-2-7(15)6-10(8)18-13(14)19/h2-6,20H,1H3,(H,18,19). The van der Waals surface area contributed by atoms with Gasteiger partial charge in [-0.25, -0.2) is 13.8 Å². The molecule has 0 bridgehead atoms. The van der Waals surface area contributed by atoms with Gasteiger partial charge in [0.15, 0.2) is 11.4 Å². The number of anilines is 1. The van der Waals surface area contributed by atoms with Gasteiger partial charge >= 0.3 is 0 Å². The largest absolute Gasteiger partial charge is 0.479 e. The summed E-state index contributed by atoms with van der Waals surface area (Å²) in [5, 5.41) is 13.1. The smallest absolute Gasteiger partial charge is 0.265 e. The maximum Gasteiger partial charge on any atom is 0.265 e. The molecular weight excluding hydrogens is 282 g/mol. The number of nitrogens with zero attached hydrogens (tertiary/aromatic N) is 1. The average molecular weight is 292 g/mol. The third kappa shape index (κ3) is 1.78. The van der Waals surface area contributed by atoms with Gasteiger partial charge in [0.1, 0.15) is 5.82 Å². The van der Waals surface area contributed by atoms with Crippen LogP contribution in [0.4, 0.5) is 14.5 Å². The van der Waals surface area contributed by atoms with Crippen LogP contribution in [0.2, 0.25) is 0 Å². The van der Waals surface area contributed by atoms with Crippen molar-refractivity contribution in [1.29, 1.82) is 0 Å². The average Bonchev–Trinajstić information content (AvgIpc) is 2.71. The SMILES string of the molecule is COc1nccc(C2(O)C(=O)Nc3cc(F)ccc32)c1F. The zero-order valence-corrected chi connectivity index (χ0v) is 10.9. The summed E-state index contributed by atoms with van der Waals surface area (Å²) in [7, 11) is 1.22. The number of aliphatic hydroxyl groups is 1. The molecular formula is C14H10F2N2O3. The third-order valence-corrected chi connectivity index (χ3v) is 3.39. The highest BCUT2D eigenvalue weighted by Crippen LogP contribution is 2.42. The number of nitrogens with one attached hydrogen (secondary N) is 1. The molecule has 21 heavy (non-hydrogen) atoms. The summed E-state index contributed by atoms with van der Waals surface area (Å²) in [6, 6.07) is 4.55. The van der Waals surface area contributed by atoms with Crippen LogP contribution in [0.25, 0.3) is 0 Å². The predicted molar refractivity (Wildman–Crippen MR) is 68.8 cm³/mol. The minimum Gasteiger partial charge on any atom is -0.479 e. The number of ether oxygens (including phenoxy) is 1. The summed E-state index contributed by atoms with van der Waals surface area (Å²) in [4.78, 5) is 15.8. The fourth-order valence-electron chi connectivity index (χ4n) is 2.38. The first kappa shape index (κ1) is 13.4. The Balaban J connectivity index is 2.25. The van der Waals surface area contributed by atoms with E-state index >= 15 is 0 Å². The van der Waals surface area contributed by atoms with Crippen molar-refractivity contribution in [2.45, 2.75) is 5.60 Å². The molecule has 1 aromatic heterocycles. The summed E-state index contributed by atoms with van der Waals surface area (Å²) in [6.45, 7) is 0. The summed E-state index contributed by atoms with van der Waals surface area (Å²) in [5.74, 6) is -2.74. The van der Waals surface area contributed by atoms with Gasteiger partial charge < -0.3 is 15.2 Å². The van der Waals surface area contributed by atoms with Gasteiger partial charge in [-0.3, -0.25) is 4.79 Å². The van der Waals surface area contributed by atoms with Crippen LogP contribution < -0.4 is 10.1 Å². The highest BCUT2D eigenvalue weighted by molar-refractivity contribution is 6.07. The van der Waals surface area contributed by atoms with Crippen molar-refractivity contribution in [3.8, 4) is 5.88 Å². The van der Waals surface area contributed by atoms with Crippen LogP contribution in [0.15, 0.2) is 30.5 Å². The molecule has 1 unspecified atom stereocenters. The Morgan fingerprint density at radius 3 is 2.76 bits per heavy atom. The Morgan fingerprint density at radius 1 is 1.29 bits per heavy atom. The van der Waals surface area contributed by atoms with Crippen LogP contribution in [-0.4, -0.2) is 23.1 Å². The number of hydrogen-bond donors (Lipinski definition) is 2. The maximum atomic E-state index is 14.3. The van der Waals surface area contributed by atoms with Crippen LogP contribution in [0.3, 0.4) is 0 Å². The van der Waals surface area contributed by atoms with Crippen LogP contribution >= 0.6 is 0 Å². The molecule has 0 fully saturated rings. The molecule has 1 aliphatic heterocycles. The number of fused-ring (bicyclic) bond motifs is 1. The number of aromatic nitrogens is 1. The van der Waals surface area contributed by atoms with E-state index in [0.29, 0.717) is 0 Å². The number of benzene rings is 1. The quantitative estimate of drug-likeness (QED) is 0.881. The number of carbonyl (C=O) groups is 1. The van der Waals surface area contributed by atoms with Gasteiger partial charge in [0.05, 0.1) is 12.8 Å². The molecule has 1 aromatic carbocycles. The lowest BCUT2D eigenvalue weighted by Gasteiger charge is -2.22. The number of amides is 1. The molecule has 0 aliphatic carbocycles. The second kappa shape index (κ2) is 4.49. The first-order valence-electron chi connectivity index (χ1n) is 6.01. The minimum atomic E-state index is -2.26. The molecule has 1 atom stereocenters. The number of pyridine rings is 1. The second-order valence-corrected chi connectivity index (χ2v) is 4.54. The molecule has 0 radical (unpaired) electrons. The first-order chi connectivity index (χ1) is 9.98. The summed E-state index contributed by atoms with van der Waals surface area (Å²) in [5.41, 5.74) is -2.40. The number of rotatable bonds is 2. The molecule has 1 aliphatic rings. The molecule has 2 aromatic rings. The Kier molecular flexibility index (Phi) is 2.87. The van der Waals surface area contributed by atoms with Crippen molar-refractivity contribution in [2.75, 3.05) is 12.4 Å². The molecule has 1 amide bonds. The molecule has 0 saturated heterocycles. The Bertz CT molecular complexity index is 751. The normalized spacial score (nSPS) is 20.1. The topological polar surface area (TPSA) is 71.5 Å². The molecule has 0 saturated carbocycles. The minimum absolute atomic E-state index is 0.0704. The maximum absolute atomic E-state index is 14.3. The van der Waals surface area contributed by atoms with E-state index in [9.17, 15) is 18.7 Å². The Hall–Kier alpha value is -2.54. The molecule has 108 valence electrons. The summed E-state index contributed by atoms with van der Waals surface area (Å²) in [6.07, 6.45) is 1.21. The van der Waals surface area contributed by atoms with E-state index in [-0.39, 0.29) is 22.7 Å². The highest BCUT2D eigenvalue weighted by Gasteiger charge is 2.49. The van der Waals surface area contributed by atoms with E-state index in [4.69, 9.17) is 4.74 Å². The van der Waals surface area contributed by atoms with Crippen LogP contribution in [0.5, 0.6) is 5.88 Å². The van der Waals surface area contributed by atoms with Gasteiger partial charge in [0, 0.05) is 17.3 Å². The zero-order valence-electron chi connectivity index (χ0n) is 10.9. The van der Waals surface area contributed by atoms with E-state index in [1.54, 1.807) is 0 Å². The number of hydrogen-bond acceptors (Lipinski definition) is 4. The van der Waals surface area contributed by atoms with Gasteiger partial charge in [-0.05, 0) is 18.2 Å². The number of halogens is 2. The van der Waals surface area contributed by atoms with Crippen molar-refractivity contribution in [3.05, 3.63) is 53.2 Å². The Labute approximate surface area is 118 Å². The summed E-state index contributed by atoms with van der Waals surface area (Å²) < 4.78 is 32.3. The van der Waals surface area contributed by atoms with Gasteiger partial charge in [-0.15, -0.1) is 0 Å². The van der Waals surface area contributed by atoms with Crippen LogP contribution in [0, 0.1) is 11.6 Å². The zero-order chi connectivity index (χ0) is 15.2. The second-order valence-electron chi connectivity index (χ2n) is 4.54. The van der Waals surface area contributed by atoms with Gasteiger partial charge in [-0.1, -0.05) is 6.07 Å². The van der Waals surface area contributed by atoms with Gasteiger partial charge in [0.2, 0.25) is 0 Å². The molecule has 7 heteroatoms. The highest BCUT2D eigenvalue weighted by atomic mass is 19.1. The molecule has 5 nitrogen and oxygen atoms in total. The summed E-state index contributed by atoms with van der Waals surface area (Å²) >= 11 is 0. The van der Waals surface area contributed by atoms with Crippen molar-refractivity contribution >= 4 is 11.6 Å². The molecule has 3 rings (SSSR count). The lowest BCUT2D eigenvalue weighted by Crippen LogP contribution is -2.36. The monoisotopic (exact) mass is 292 g/mol. The molecule has 2 heterocycles. The van der Waals surface area contributed by atoms with Crippen molar-refractivity contribution in [2.24, 2.45) is 0 Å². The van der Waals surface area contributed by atoms with Gasteiger partial charge in [-0.2, -0.15) is 0 Å². The number of methoxy groups -OCH3 is 1. The van der Waals surface area contributed by atoms with Gasteiger partial charge in [0.25, 0.3) is 11.8 Å². The van der Waals surface area contributed by atoms with E-state index in [2.05, 4.69) is 10.3 Å². The third-order valence-electron chi connectivity index (χ3n) is 3.39. The first-order valence-corrected chi connectivity index (χ1v) is 6.01. The van der Waals surface area contributed by atoms with Crippen molar-refractivity contribution in [3.63, 3.8) is 0 Å². The molecule has 2 N–H and O–H groups in total. The van der Waals surface area contributed by atoms with Crippen molar-refractivity contribution in [1.82, 2.24) is 4.98 Å². The molecule has 0 spiro atoms. The van der Waals surface area contributed by atoms with Crippen LogP contribution in [-0.2, 0) is 10.4 Å². The van der Waals surface area contributed by atoms with E-state index in [1.165, 1.54) is 25.4 Å². The number of carbonyl (C=O) groups excluding carboxylic acids is 1. The van der Waals surface area contributed by atoms with E-state index in [0.717, 1.165) is 12.1 Å². The van der Waals surface area contributed by atoms with E-state index < -0.39 is 23.1 Å². The fraction of sp³-hybridized carbons (Fsp3) is 0.143. The van der Waals surface area contributed by atoms with Crippen molar-refractivity contribution < 1.29 is 23.4 Å².